The topological polar surface area (TPSA) is 85.2 Å². The number of hydrogen-bond acceptors (Lipinski definition) is 5. The van der Waals surface area contributed by atoms with Crippen LogP contribution < -0.4 is 20.9 Å². The Kier molecular flexibility index (Phi) is 3.58. The van der Waals surface area contributed by atoms with Crippen molar-refractivity contribution in [3.63, 3.8) is 0 Å². The smallest absolute Gasteiger partial charge is 0.329 e. The number of aromatic amines is 1. The molecule has 8 heteroatoms. The van der Waals surface area contributed by atoms with Crippen LogP contribution in [-0.4, -0.2) is 25.6 Å². The molecule has 2 aromatic heterocycles. The largest absolute Gasteiger partial charge is 0.457 e. The second-order valence-corrected chi connectivity index (χ2v) is 6.61. The summed E-state index contributed by atoms with van der Waals surface area (Å²) in [4.78, 5) is 33.0. The summed E-state index contributed by atoms with van der Waals surface area (Å²) < 4.78 is 9.04. The summed E-state index contributed by atoms with van der Waals surface area (Å²) in [7, 11) is 1.60. The predicted octanol–water partition coefficient (Wildman–Crippen LogP) is 2.37. The Morgan fingerprint density at radius 3 is 2.43 bits per heavy atom. The molecule has 5 rings (SSSR count). The number of anilines is 2. The molecule has 0 bridgehead atoms. The molecular formula is C20H17N5O3. The monoisotopic (exact) mass is 375 g/mol. The molecule has 0 spiro atoms. The van der Waals surface area contributed by atoms with Gasteiger partial charge in [-0.15, -0.1) is 0 Å². The zero-order valence-electron chi connectivity index (χ0n) is 15.1. The van der Waals surface area contributed by atoms with E-state index in [0.717, 1.165) is 17.2 Å². The minimum absolute atomic E-state index is 0.387. The van der Waals surface area contributed by atoms with Gasteiger partial charge < -0.3 is 14.2 Å². The van der Waals surface area contributed by atoms with E-state index in [1.807, 2.05) is 64.1 Å². The van der Waals surface area contributed by atoms with Gasteiger partial charge in [0.1, 0.15) is 11.5 Å². The fraction of sp³-hybridized carbons (Fsp3) is 0.150. The molecule has 140 valence electrons. The normalized spacial score (nSPS) is 13.1. The fourth-order valence-electron chi connectivity index (χ4n) is 3.50. The first-order chi connectivity index (χ1) is 13.6. The first-order valence-corrected chi connectivity index (χ1v) is 8.92. The van der Waals surface area contributed by atoms with Crippen LogP contribution in [0, 0.1) is 0 Å². The van der Waals surface area contributed by atoms with E-state index in [9.17, 15) is 9.59 Å². The average Bonchev–Trinajstić information content (AvgIpc) is 3.27. The number of rotatable bonds is 3. The molecule has 0 unspecified atom stereocenters. The minimum Gasteiger partial charge on any atom is -0.457 e. The number of nitrogens with one attached hydrogen (secondary N) is 1. The third-order valence-corrected chi connectivity index (χ3v) is 4.90. The number of ether oxygens (including phenoxy) is 1. The molecule has 1 aliphatic heterocycles. The van der Waals surface area contributed by atoms with E-state index in [1.165, 1.54) is 4.57 Å². The Labute approximate surface area is 159 Å². The molecule has 4 aromatic rings. The van der Waals surface area contributed by atoms with Crippen LogP contribution in [-0.2, 0) is 13.6 Å². The Bertz CT molecular complexity index is 1290. The summed E-state index contributed by atoms with van der Waals surface area (Å²) >= 11 is 0. The van der Waals surface area contributed by atoms with Gasteiger partial charge in [-0.1, -0.05) is 18.2 Å². The standard InChI is InChI=1S/C20H17N5O3/c1-23-17-16(18(26)22-20(23)27)25-12-11-24(19(25)21-17)13-7-9-15(10-8-13)28-14-5-3-2-4-6-14/h2-10H,11-12H2,1H3,(H,22,26,27). The van der Waals surface area contributed by atoms with Crippen LogP contribution in [0.15, 0.2) is 64.2 Å². The van der Waals surface area contributed by atoms with Gasteiger partial charge in [0, 0.05) is 25.8 Å². The molecule has 0 atom stereocenters. The van der Waals surface area contributed by atoms with Crippen molar-refractivity contribution in [3.8, 4) is 11.5 Å². The van der Waals surface area contributed by atoms with E-state index in [2.05, 4.69) is 9.97 Å². The van der Waals surface area contributed by atoms with E-state index < -0.39 is 11.2 Å². The van der Waals surface area contributed by atoms with Crippen LogP contribution in [0.25, 0.3) is 11.2 Å². The van der Waals surface area contributed by atoms with Crippen LogP contribution in [0.4, 0.5) is 11.6 Å². The van der Waals surface area contributed by atoms with Crippen molar-refractivity contribution in [1.82, 2.24) is 19.1 Å². The van der Waals surface area contributed by atoms with Gasteiger partial charge in [0.15, 0.2) is 11.2 Å². The van der Waals surface area contributed by atoms with Crippen molar-refractivity contribution in [1.29, 1.82) is 0 Å². The third kappa shape index (κ3) is 2.50. The molecule has 3 heterocycles. The summed E-state index contributed by atoms with van der Waals surface area (Å²) in [6, 6.07) is 17.3. The van der Waals surface area contributed by atoms with Crippen molar-refractivity contribution >= 4 is 22.8 Å². The van der Waals surface area contributed by atoms with Crippen molar-refractivity contribution < 1.29 is 4.74 Å². The number of imidazole rings is 1. The second-order valence-electron chi connectivity index (χ2n) is 6.61. The molecule has 0 aliphatic carbocycles. The third-order valence-electron chi connectivity index (χ3n) is 4.90. The minimum atomic E-state index is -0.469. The number of H-pyrrole nitrogens is 1. The number of nitrogens with zero attached hydrogens (tertiary/aromatic N) is 4. The highest BCUT2D eigenvalue weighted by atomic mass is 16.5. The Morgan fingerprint density at radius 1 is 0.964 bits per heavy atom. The van der Waals surface area contributed by atoms with E-state index >= 15 is 0 Å². The van der Waals surface area contributed by atoms with Crippen molar-refractivity contribution in [2.24, 2.45) is 7.05 Å². The number of aromatic nitrogens is 4. The quantitative estimate of drug-likeness (QED) is 0.594. The fourth-order valence-corrected chi connectivity index (χ4v) is 3.50. The summed E-state index contributed by atoms with van der Waals surface area (Å²) in [5.74, 6) is 2.17. The van der Waals surface area contributed by atoms with Gasteiger partial charge in [-0.3, -0.25) is 14.3 Å². The Hall–Kier alpha value is -3.81. The van der Waals surface area contributed by atoms with Crippen molar-refractivity contribution in [3.05, 3.63) is 75.4 Å². The number of fused-ring (bicyclic) bond motifs is 3. The average molecular weight is 375 g/mol. The van der Waals surface area contributed by atoms with Crippen LogP contribution in [0.2, 0.25) is 0 Å². The van der Waals surface area contributed by atoms with Crippen LogP contribution in [0.5, 0.6) is 11.5 Å². The SMILES string of the molecule is Cn1c(=O)[nH]c(=O)c2c1nc1n2CCN1c1ccc(Oc2ccccc2)cc1. The van der Waals surface area contributed by atoms with Crippen LogP contribution >= 0.6 is 0 Å². The molecule has 0 fully saturated rings. The number of benzene rings is 2. The molecule has 0 saturated heterocycles. The molecule has 1 N–H and O–H groups in total. The van der Waals surface area contributed by atoms with Gasteiger partial charge in [-0.2, -0.15) is 4.98 Å². The maximum absolute atomic E-state index is 12.3. The van der Waals surface area contributed by atoms with Gasteiger partial charge in [0.05, 0.1) is 0 Å². The van der Waals surface area contributed by atoms with Gasteiger partial charge >= 0.3 is 5.69 Å². The lowest BCUT2D eigenvalue weighted by atomic mass is 10.2. The number of aryl methyl sites for hydroxylation is 1. The van der Waals surface area contributed by atoms with Gasteiger partial charge in [0.2, 0.25) is 5.95 Å². The summed E-state index contributed by atoms with van der Waals surface area (Å²) in [6.45, 7) is 1.31. The first-order valence-electron chi connectivity index (χ1n) is 8.92. The lowest BCUT2D eigenvalue weighted by molar-refractivity contribution is 0.482. The highest BCUT2D eigenvalue weighted by molar-refractivity contribution is 5.77. The second kappa shape index (κ2) is 6.12. The number of hydrogen-bond donors (Lipinski definition) is 1. The predicted molar refractivity (Wildman–Crippen MR) is 106 cm³/mol. The first kappa shape index (κ1) is 16.4. The van der Waals surface area contributed by atoms with Gasteiger partial charge in [-0.05, 0) is 36.4 Å². The zero-order chi connectivity index (χ0) is 19.3. The maximum Gasteiger partial charge on any atom is 0.329 e. The van der Waals surface area contributed by atoms with Crippen molar-refractivity contribution in [2.75, 3.05) is 11.4 Å². The lowest BCUT2D eigenvalue weighted by Gasteiger charge is -2.16. The molecule has 2 aromatic carbocycles. The molecule has 8 nitrogen and oxygen atoms in total. The molecule has 0 amide bonds. The Morgan fingerprint density at radius 2 is 1.68 bits per heavy atom. The van der Waals surface area contributed by atoms with Crippen molar-refractivity contribution in [2.45, 2.75) is 6.54 Å². The lowest BCUT2D eigenvalue weighted by Crippen LogP contribution is -2.29. The van der Waals surface area contributed by atoms with E-state index in [4.69, 9.17) is 4.74 Å². The molecule has 0 radical (unpaired) electrons. The molecular weight excluding hydrogens is 358 g/mol. The maximum atomic E-state index is 12.3. The molecule has 28 heavy (non-hydrogen) atoms. The van der Waals surface area contributed by atoms with Gasteiger partial charge in [0.25, 0.3) is 5.56 Å². The van der Waals surface area contributed by atoms with E-state index in [0.29, 0.717) is 30.2 Å². The Balaban J connectivity index is 1.50. The van der Waals surface area contributed by atoms with Gasteiger partial charge in [-0.25, -0.2) is 4.79 Å². The van der Waals surface area contributed by atoms with Crippen LogP contribution in [0.1, 0.15) is 0 Å². The highest BCUT2D eigenvalue weighted by Crippen LogP contribution is 2.33. The number of para-hydroxylation sites is 1. The summed E-state index contributed by atoms with van der Waals surface area (Å²) in [5.41, 5.74) is 0.866. The highest BCUT2D eigenvalue weighted by Gasteiger charge is 2.27. The molecule has 0 saturated carbocycles. The zero-order valence-corrected chi connectivity index (χ0v) is 15.1. The van der Waals surface area contributed by atoms with E-state index in [-0.39, 0.29) is 0 Å². The summed E-state index contributed by atoms with van der Waals surface area (Å²) in [6.07, 6.45) is 0. The molecule has 1 aliphatic rings. The summed E-state index contributed by atoms with van der Waals surface area (Å²) in [5, 5.41) is 0. The van der Waals surface area contributed by atoms with E-state index in [1.54, 1.807) is 7.05 Å². The van der Waals surface area contributed by atoms with Crippen LogP contribution in [0.3, 0.4) is 0 Å².